The van der Waals surface area contributed by atoms with Crippen LogP contribution < -0.4 is 0 Å². The van der Waals surface area contributed by atoms with Crippen LogP contribution in [0.1, 0.15) is 26.3 Å². The van der Waals surface area contributed by atoms with Crippen LogP contribution in [0, 0.1) is 5.92 Å². The monoisotopic (exact) mass is 229 g/mol. The van der Waals surface area contributed by atoms with Crippen LogP contribution in [0.25, 0.3) is 0 Å². The van der Waals surface area contributed by atoms with E-state index >= 15 is 0 Å². The lowest BCUT2D eigenvalue weighted by Gasteiger charge is -2.20. The Bertz CT molecular complexity index is 433. The van der Waals surface area contributed by atoms with Crippen molar-refractivity contribution in [2.45, 2.75) is 32.9 Å². The van der Waals surface area contributed by atoms with Gasteiger partial charge in [0.25, 0.3) is 0 Å². The highest BCUT2D eigenvalue weighted by molar-refractivity contribution is 5.95. The largest absolute Gasteiger partial charge is 0.467 e. The van der Waals surface area contributed by atoms with Crippen molar-refractivity contribution in [1.82, 2.24) is 0 Å². The Hall–Kier alpha value is -1.57. The Morgan fingerprint density at radius 3 is 2.41 bits per heavy atom. The van der Waals surface area contributed by atoms with Crippen LogP contribution in [-0.2, 0) is 4.74 Å². The zero-order chi connectivity index (χ0) is 12.4. The fraction of sp³-hybridized carbons (Fsp3) is 0.400. The molecule has 0 saturated heterocycles. The van der Waals surface area contributed by atoms with Gasteiger partial charge in [-0.15, -0.1) is 0 Å². The average molecular weight is 229 g/mol. The highest BCUT2D eigenvalue weighted by Gasteiger charge is 2.33. The van der Waals surface area contributed by atoms with Crippen LogP contribution in [0.3, 0.4) is 0 Å². The number of hydrogen-bond acceptors (Lipinski definition) is 2. The molecule has 0 unspecified atom stereocenters. The molecule has 2 atom stereocenters. The Morgan fingerprint density at radius 2 is 1.94 bits per heavy atom. The molecule has 0 spiro atoms. The third-order valence-electron chi connectivity index (χ3n) is 3.00. The van der Waals surface area contributed by atoms with Crippen LogP contribution in [0.5, 0.6) is 0 Å². The van der Waals surface area contributed by atoms with Gasteiger partial charge >= 0.3 is 0 Å². The summed E-state index contributed by atoms with van der Waals surface area (Å²) >= 11 is 0. The summed E-state index contributed by atoms with van der Waals surface area (Å²) in [6, 6.07) is 10.2. The smallest absolute Gasteiger partial charge is 0.217 e. The first-order valence-corrected chi connectivity index (χ1v) is 6.05. The van der Waals surface area contributed by atoms with Crippen molar-refractivity contribution in [2.24, 2.45) is 10.9 Å². The molecule has 0 saturated carbocycles. The molecule has 1 heterocycles. The van der Waals surface area contributed by atoms with E-state index in [4.69, 9.17) is 9.73 Å². The summed E-state index contributed by atoms with van der Waals surface area (Å²) in [6.45, 7) is 10.3. The zero-order valence-electron chi connectivity index (χ0n) is 10.7. The standard InChI is InChI=1S/C15H19NO/c1-10(2)13-14(11(3)4)17-15(16-13)12-8-6-5-7-9-12/h5-10,13-14H,3H2,1-2,4H3/t13-,14-/m0/s1. The first-order valence-electron chi connectivity index (χ1n) is 6.05. The van der Waals surface area contributed by atoms with Crippen molar-refractivity contribution >= 4 is 5.90 Å². The van der Waals surface area contributed by atoms with E-state index in [1.54, 1.807) is 0 Å². The van der Waals surface area contributed by atoms with Crippen molar-refractivity contribution in [1.29, 1.82) is 0 Å². The molecule has 0 N–H and O–H groups in total. The highest BCUT2D eigenvalue weighted by Crippen LogP contribution is 2.27. The maximum atomic E-state index is 5.93. The number of ether oxygens (including phenoxy) is 1. The van der Waals surface area contributed by atoms with Gasteiger partial charge in [0.05, 0.1) is 6.04 Å². The van der Waals surface area contributed by atoms with Crippen LogP contribution in [0.4, 0.5) is 0 Å². The van der Waals surface area contributed by atoms with Crippen LogP contribution >= 0.6 is 0 Å². The van der Waals surface area contributed by atoms with E-state index in [-0.39, 0.29) is 12.1 Å². The summed E-state index contributed by atoms with van der Waals surface area (Å²) in [6.07, 6.45) is 0.0187. The van der Waals surface area contributed by atoms with E-state index in [0.29, 0.717) is 5.92 Å². The lowest BCUT2D eigenvalue weighted by atomic mass is 9.96. The predicted molar refractivity (Wildman–Crippen MR) is 71.3 cm³/mol. The summed E-state index contributed by atoms with van der Waals surface area (Å²) in [5.74, 6) is 1.20. The van der Waals surface area contributed by atoms with E-state index in [0.717, 1.165) is 17.0 Å². The summed E-state index contributed by atoms with van der Waals surface area (Å²) < 4.78 is 5.93. The van der Waals surface area contributed by atoms with E-state index in [2.05, 4.69) is 20.4 Å². The minimum absolute atomic E-state index is 0.0187. The molecule has 17 heavy (non-hydrogen) atoms. The zero-order valence-corrected chi connectivity index (χ0v) is 10.7. The second-order valence-corrected chi connectivity index (χ2v) is 4.92. The molecule has 1 aliphatic rings. The van der Waals surface area contributed by atoms with Gasteiger partial charge in [-0.2, -0.15) is 0 Å². The minimum atomic E-state index is 0.0187. The molecule has 90 valence electrons. The van der Waals surface area contributed by atoms with E-state index in [9.17, 15) is 0 Å². The van der Waals surface area contributed by atoms with Gasteiger partial charge in [0.15, 0.2) is 0 Å². The minimum Gasteiger partial charge on any atom is -0.467 e. The Kier molecular flexibility index (Phi) is 3.32. The van der Waals surface area contributed by atoms with Gasteiger partial charge in [-0.05, 0) is 30.5 Å². The molecule has 0 radical (unpaired) electrons. The fourth-order valence-corrected chi connectivity index (χ4v) is 2.04. The molecule has 1 aliphatic heterocycles. The lowest BCUT2D eigenvalue weighted by molar-refractivity contribution is 0.208. The van der Waals surface area contributed by atoms with E-state index < -0.39 is 0 Å². The van der Waals surface area contributed by atoms with Crippen molar-refractivity contribution < 1.29 is 4.74 Å². The molecular formula is C15H19NO. The molecule has 2 nitrogen and oxygen atoms in total. The van der Waals surface area contributed by atoms with Gasteiger partial charge < -0.3 is 4.74 Å². The highest BCUT2D eigenvalue weighted by atomic mass is 16.5. The average Bonchev–Trinajstić information content (AvgIpc) is 2.75. The van der Waals surface area contributed by atoms with E-state index in [1.165, 1.54) is 0 Å². The normalized spacial score (nSPS) is 23.4. The molecule has 1 aromatic rings. The number of nitrogens with zero attached hydrogens (tertiary/aromatic N) is 1. The van der Waals surface area contributed by atoms with Gasteiger partial charge in [-0.1, -0.05) is 38.6 Å². The summed E-state index contributed by atoms with van der Waals surface area (Å²) in [4.78, 5) is 4.69. The van der Waals surface area contributed by atoms with Gasteiger partial charge in [0.2, 0.25) is 5.90 Å². The maximum absolute atomic E-state index is 5.93. The van der Waals surface area contributed by atoms with Crippen molar-refractivity contribution in [2.75, 3.05) is 0 Å². The molecular weight excluding hydrogens is 210 g/mol. The Morgan fingerprint density at radius 1 is 1.29 bits per heavy atom. The van der Waals surface area contributed by atoms with Crippen LogP contribution in [0.15, 0.2) is 47.5 Å². The van der Waals surface area contributed by atoms with Crippen molar-refractivity contribution in [3.8, 4) is 0 Å². The first-order chi connectivity index (χ1) is 8.09. The number of benzene rings is 1. The van der Waals surface area contributed by atoms with E-state index in [1.807, 2.05) is 37.3 Å². The Labute approximate surface area is 103 Å². The lowest BCUT2D eigenvalue weighted by Crippen LogP contribution is -2.27. The van der Waals surface area contributed by atoms with Crippen molar-refractivity contribution in [3.05, 3.63) is 48.0 Å². The summed E-state index contributed by atoms with van der Waals surface area (Å²) in [7, 11) is 0. The summed E-state index contributed by atoms with van der Waals surface area (Å²) in [5, 5.41) is 0. The molecule has 0 aromatic heterocycles. The first kappa shape index (κ1) is 11.9. The van der Waals surface area contributed by atoms with Gasteiger partial charge in [0, 0.05) is 5.56 Å². The molecule has 0 bridgehead atoms. The predicted octanol–water partition coefficient (Wildman–Crippen LogP) is 3.43. The van der Waals surface area contributed by atoms with Gasteiger partial charge in [-0.3, -0.25) is 0 Å². The summed E-state index contributed by atoms with van der Waals surface area (Å²) in [5.41, 5.74) is 2.08. The molecule has 2 rings (SSSR count). The van der Waals surface area contributed by atoms with Gasteiger partial charge in [-0.25, -0.2) is 4.99 Å². The Balaban J connectivity index is 2.27. The number of aliphatic imine (C=N–C) groups is 1. The third kappa shape index (κ3) is 2.41. The molecule has 0 fully saturated rings. The second kappa shape index (κ2) is 4.74. The quantitative estimate of drug-likeness (QED) is 0.728. The molecule has 0 aliphatic carbocycles. The molecule has 0 amide bonds. The maximum Gasteiger partial charge on any atom is 0.217 e. The number of hydrogen-bond donors (Lipinski definition) is 0. The van der Waals surface area contributed by atoms with Gasteiger partial charge in [0.1, 0.15) is 6.10 Å². The van der Waals surface area contributed by atoms with Crippen LogP contribution in [0.2, 0.25) is 0 Å². The SMILES string of the molecule is C=C(C)[C@@H]1OC(c2ccccc2)=N[C@H]1C(C)C. The molecule has 1 aromatic carbocycles. The van der Waals surface area contributed by atoms with Crippen molar-refractivity contribution in [3.63, 3.8) is 0 Å². The topological polar surface area (TPSA) is 21.6 Å². The fourth-order valence-electron chi connectivity index (χ4n) is 2.04. The third-order valence-corrected chi connectivity index (χ3v) is 3.00. The second-order valence-electron chi connectivity index (χ2n) is 4.92. The van der Waals surface area contributed by atoms with Crippen LogP contribution in [-0.4, -0.2) is 18.0 Å². The molecule has 2 heteroatoms. The number of rotatable bonds is 3.